The zero-order valence-electron chi connectivity index (χ0n) is 12.0. The molecule has 4 nitrogen and oxygen atoms in total. The largest absolute Gasteiger partial charge is 0.614 e. The summed E-state index contributed by atoms with van der Waals surface area (Å²) in [7, 11) is 1.98. The van der Waals surface area contributed by atoms with Gasteiger partial charge in [0.25, 0.3) is 0 Å². The van der Waals surface area contributed by atoms with Gasteiger partial charge in [-0.05, 0) is 24.5 Å². The fraction of sp³-hybridized carbons (Fsp3) is 0.769. The fourth-order valence-corrected chi connectivity index (χ4v) is 2.50. The molecule has 0 spiro atoms. The number of aromatic nitrogens is 2. The van der Waals surface area contributed by atoms with E-state index >= 15 is 0 Å². The first kappa shape index (κ1) is 15.4. The molecule has 0 aliphatic carbocycles. The van der Waals surface area contributed by atoms with E-state index in [1.807, 2.05) is 24.7 Å². The van der Waals surface area contributed by atoms with Crippen molar-refractivity contribution in [2.24, 2.45) is 7.05 Å². The molecular formula is C13H24N2O2S. The van der Waals surface area contributed by atoms with Crippen molar-refractivity contribution in [2.75, 3.05) is 11.7 Å². The molecule has 0 saturated heterocycles. The monoisotopic (exact) mass is 272 g/mol. The normalized spacial score (nSPS) is 13.7. The Kier molecular flexibility index (Phi) is 5.53. The van der Waals surface area contributed by atoms with Crippen molar-refractivity contribution in [2.45, 2.75) is 46.0 Å². The van der Waals surface area contributed by atoms with Crippen LogP contribution < -0.4 is 4.74 Å². The van der Waals surface area contributed by atoms with Crippen molar-refractivity contribution in [1.82, 2.24) is 9.55 Å². The van der Waals surface area contributed by atoms with E-state index < -0.39 is 11.2 Å². The molecule has 18 heavy (non-hydrogen) atoms. The van der Waals surface area contributed by atoms with E-state index in [0.29, 0.717) is 11.6 Å². The lowest BCUT2D eigenvalue weighted by atomic mass is 9.87. The second-order valence-electron chi connectivity index (χ2n) is 5.14. The highest BCUT2D eigenvalue weighted by Crippen LogP contribution is 2.28. The van der Waals surface area contributed by atoms with Crippen LogP contribution in [-0.4, -0.2) is 25.8 Å². The van der Waals surface area contributed by atoms with Crippen LogP contribution in [0.25, 0.3) is 0 Å². The van der Waals surface area contributed by atoms with Crippen LogP contribution in [0.4, 0.5) is 0 Å². The van der Waals surface area contributed by atoms with Crippen LogP contribution in [0, 0.1) is 0 Å². The van der Waals surface area contributed by atoms with Crippen LogP contribution in [0.1, 0.15) is 46.4 Å². The lowest BCUT2D eigenvalue weighted by Crippen LogP contribution is -2.21. The molecule has 0 bridgehead atoms. The Bertz CT molecular complexity index is 377. The fourth-order valence-electron chi connectivity index (χ4n) is 2.08. The summed E-state index contributed by atoms with van der Waals surface area (Å²) in [5, 5.41) is 0. The highest BCUT2D eigenvalue weighted by Gasteiger charge is 2.25. The number of ether oxygens (including phenoxy) is 1. The van der Waals surface area contributed by atoms with Crippen LogP contribution in [0.2, 0.25) is 0 Å². The first-order valence-electron chi connectivity index (χ1n) is 6.42. The zero-order chi connectivity index (χ0) is 13.8. The molecule has 0 fully saturated rings. The van der Waals surface area contributed by atoms with Crippen molar-refractivity contribution in [3.63, 3.8) is 0 Å². The third kappa shape index (κ3) is 3.92. The molecule has 0 N–H and O–H groups in total. The van der Waals surface area contributed by atoms with Crippen LogP contribution in [0.5, 0.6) is 5.88 Å². The van der Waals surface area contributed by atoms with Crippen LogP contribution in [0.15, 0.2) is 6.20 Å². The van der Waals surface area contributed by atoms with Gasteiger partial charge in [0, 0.05) is 12.5 Å². The van der Waals surface area contributed by atoms with Gasteiger partial charge in [-0.1, -0.05) is 27.2 Å². The lowest BCUT2D eigenvalue weighted by molar-refractivity contribution is 0.360. The molecular weight excluding hydrogens is 248 g/mol. The average Bonchev–Trinajstić information content (AvgIpc) is 2.68. The molecule has 0 radical (unpaired) electrons. The van der Waals surface area contributed by atoms with E-state index in [0.717, 1.165) is 18.7 Å². The standard InChI is InChI=1S/C13H24N2O2S/c1-6-8-13(3,4)12-14-11(9-15(12)5)17-10-18(16)7-2/h9H,6-8,10H2,1-5H3. The highest BCUT2D eigenvalue weighted by atomic mass is 32.2. The second kappa shape index (κ2) is 6.48. The molecule has 1 rings (SSSR count). The van der Waals surface area contributed by atoms with Gasteiger partial charge in [0.2, 0.25) is 11.8 Å². The van der Waals surface area contributed by atoms with Crippen LogP contribution >= 0.6 is 0 Å². The minimum absolute atomic E-state index is 0.0367. The van der Waals surface area contributed by atoms with Crippen molar-refractivity contribution in [3.05, 3.63) is 12.0 Å². The molecule has 1 aromatic heterocycles. The van der Waals surface area contributed by atoms with Gasteiger partial charge in [0.1, 0.15) is 11.6 Å². The van der Waals surface area contributed by atoms with Gasteiger partial charge in [-0.15, -0.1) is 0 Å². The van der Waals surface area contributed by atoms with Crippen molar-refractivity contribution >= 4 is 11.2 Å². The second-order valence-corrected chi connectivity index (χ2v) is 6.83. The number of aryl methyl sites for hydroxylation is 1. The zero-order valence-corrected chi connectivity index (χ0v) is 12.8. The van der Waals surface area contributed by atoms with Crippen LogP contribution in [0.3, 0.4) is 0 Å². The van der Waals surface area contributed by atoms with Gasteiger partial charge in [-0.3, -0.25) is 0 Å². The summed E-state index contributed by atoms with van der Waals surface area (Å²) in [6.45, 7) is 8.43. The Labute approximate surface area is 113 Å². The van der Waals surface area contributed by atoms with Gasteiger partial charge < -0.3 is 13.9 Å². The van der Waals surface area contributed by atoms with E-state index in [1.165, 1.54) is 0 Å². The van der Waals surface area contributed by atoms with Crippen molar-refractivity contribution in [3.8, 4) is 5.88 Å². The Morgan fingerprint density at radius 3 is 2.67 bits per heavy atom. The minimum atomic E-state index is -0.921. The van der Waals surface area contributed by atoms with Gasteiger partial charge in [0.05, 0.1) is 6.20 Å². The van der Waals surface area contributed by atoms with Crippen molar-refractivity contribution in [1.29, 1.82) is 0 Å². The molecule has 1 atom stereocenters. The van der Waals surface area contributed by atoms with E-state index in [-0.39, 0.29) is 11.4 Å². The Hall–Kier alpha value is -0.680. The third-order valence-electron chi connectivity index (χ3n) is 2.99. The van der Waals surface area contributed by atoms with Crippen LogP contribution in [-0.2, 0) is 23.6 Å². The molecule has 0 aromatic carbocycles. The molecule has 1 aromatic rings. The maximum Gasteiger partial charge on any atom is 0.246 e. The van der Waals surface area contributed by atoms with E-state index in [2.05, 4.69) is 25.8 Å². The molecule has 1 heterocycles. The number of hydrogen-bond donors (Lipinski definition) is 0. The summed E-state index contributed by atoms with van der Waals surface area (Å²) in [6, 6.07) is 0. The molecule has 104 valence electrons. The first-order valence-corrected chi connectivity index (χ1v) is 7.91. The summed E-state index contributed by atoms with van der Waals surface area (Å²) in [6.07, 6.45) is 4.06. The highest BCUT2D eigenvalue weighted by molar-refractivity contribution is 7.91. The van der Waals surface area contributed by atoms with Gasteiger partial charge >= 0.3 is 0 Å². The summed E-state index contributed by atoms with van der Waals surface area (Å²) < 4.78 is 18.8. The predicted molar refractivity (Wildman–Crippen MR) is 75.3 cm³/mol. The predicted octanol–water partition coefficient (Wildman–Crippen LogP) is 2.60. The van der Waals surface area contributed by atoms with E-state index in [9.17, 15) is 4.55 Å². The van der Waals surface area contributed by atoms with Gasteiger partial charge in [-0.2, -0.15) is 4.98 Å². The Morgan fingerprint density at radius 2 is 2.11 bits per heavy atom. The third-order valence-corrected chi connectivity index (χ3v) is 4.02. The molecule has 0 saturated carbocycles. The van der Waals surface area contributed by atoms with Gasteiger partial charge in [-0.25, -0.2) is 0 Å². The molecule has 0 amide bonds. The van der Waals surface area contributed by atoms with E-state index in [1.54, 1.807) is 0 Å². The SMILES string of the molecule is CCCC(C)(C)c1nc(OC[S+]([O-])CC)cn1C. The van der Waals surface area contributed by atoms with Gasteiger partial charge in [0.15, 0.2) is 0 Å². The lowest BCUT2D eigenvalue weighted by Gasteiger charge is -2.22. The first-order chi connectivity index (χ1) is 8.40. The Morgan fingerprint density at radius 1 is 1.44 bits per heavy atom. The molecule has 1 unspecified atom stereocenters. The van der Waals surface area contributed by atoms with Crippen molar-refractivity contribution < 1.29 is 9.29 Å². The summed E-state index contributed by atoms with van der Waals surface area (Å²) >= 11 is -0.921. The number of rotatable bonds is 7. The number of hydrogen-bond acceptors (Lipinski definition) is 3. The topological polar surface area (TPSA) is 50.1 Å². The quantitative estimate of drug-likeness (QED) is 0.717. The molecule has 0 aliphatic heterocycles. The Balaban J connectivity index is 2.75. The number of imidazole rings is 1. The average molecular weight is 272 g/mol. The number of nitrogens with zero attached hydrogens (tertiary/aromatic N) is 2. The molecule has 0 aliphatic rings. The summed E-state index contributed by atoms with van der Waals surface area (Å²) in [4.78, 5) is 4.51. The molecule has 5 heteroatoms. The van der Waals surface area contributed by atoms with E-state index in [4.69, 9.17) is 4.74 Å². The summed E-state index contributed by atoms with van der Waals surface area (Å²) in [5.74, 6) is 2.42. The smallest absolute Gasteiger partial charge is 0.246 e. The maximum atomic E-state index is 11.3. The maximum absolute atomic E-state index is 11.3. The summed E-state index contributed by atoms with van der Waals surface area (Å²) in [5.41, 5.74) is 0.0367. The minimum Gasteiger partial charge on any atom is -0.614 e.